The summed E-state index contributed by atoms with van der Waals surface area (Å²) in [6.45, 7) is 0.733. The van der Waals surface area contributed by atoms with Gasteiger partial charge in [0.2, 0.25) is 0 Å². The van der Waals surface area contributed by atoms with Crippen LogP contribution in [-0.2, 0) is 6.54 Å². The fourth-order valence-corrected chi connectivity index (χ4v) is 2.55. The monoisotopic (exact) mass is 290 g/mol. The molecule has 0 aliphatic heterocycles. The highest BCUT2D eigenvalue weighted by Gasteiger charge is 2.30. The molecule has 0 atom stereocenters. The molecule has 0 heterocycles. The molecule has 20 heavy (non-hydrogen) atoms. The summed E-state index contributed by atoms with van der Waals surface area (Å²) in [5, 5.41) is 0.0710. The SMILES string of the molecule is Nc1cc(Cl)c(F)cc1N(Cc1ccccc1)C1CC1. The minimum atomic E-state index is -0.422. The maximum Gasteiger partial charge on any atom is 0.144 e. The number of nitrogens with two attached hydrogens (primary N) is 1. The van der Waals surface area contributed by atoms with Crippen molar-refractivity contribution in [2.24, 2.45) is 0 Å². The largest absolute Gasteiger partial charge is 0.397 e. The standard InChI is InChI=1S/C16H16ClFN2/c17-13-8-15(19)16(9-14(13)18)20(12-6-7-12)10-11-4-2-1-3-5-11/h1-5,8-9,12H,6-7,10,19H2. The second-order valence-electron chi connectivity index (χ2n) is 5.17. The molecule has 3 rings (SSSR count). The van der Waals surface area contributed by atoms with Gasteiger partial charge < -0.3 is 10.6 Å². The van der Waals surface area contributed by atoms with E-state index in [1.54, 1.807) is 0 Å². The van der Waals surface area contributed by atoms with Gasteiger partial charge in [-0.15, -0.1) is 0 Å². The normalized spacial score (nSPS) is 14.3. The minimum absolute atomic E-state index is 0.0710. The molecule has 0 spiro atoms. The number of nitrogens with zero attached hydrogens (tertiary/aromatic N) is 1. The smallest absolute Gasteiger partial charge is 0.144 e. The van der Waals surface area contributed by atoms with Gasteiger partial charge in [0.25, 0.3) is 0 Å². The molecule has 2 aromatic carbocycles. The Bertz CT molecular complexity index is 611. The first kappa shape index (κ1) is 13.3. The number of nitrogen functional groups attached to an aromatic ring is 1. The fourth-order valence-electron chi connectivity index (χ4n) is 2.38. The minimum Gasteiger partial charge on any atom is -0.397 e. The van der Waals surface area contributed by atoms with Crippen molar-refractivity contribution in [2.75, 3.05) is 10.6 Å². The van der Waals surface area contributed by atoms with Crippen LogP contribution in [0, 0.1) is 5.82 Å². The first-order valence-corrected chi connectivity index (χ1v) is 7.08. The predicted octanol–water partition coefficient (Wildman–Crippen LogP) is 4.23. The highest BCUT2D eigenvalue weighted by Crippen LogP contribution is 2.37. The van der Waals surface area contributed by atoms with E-state index in [0.29, 0.717) is 11.7 Å². The summed E-state index contributed by atoms with van der Waals surface area (Å²) in [6.07, 6.45) is 2.24. The van der Waals surface area contributed by atoms with Gasteiger partial charge in [0.1, 0.15) is 5.82 Å². The summed E-state index contributed by atoms with van der Waals surface area (Å²) in [7, 11) is 0. The maximum absolute atomic E-state index is 13.7. The Morgan fingerprint density at radius 2 is 1.90 bits per heavy atom. The van der Waals surface area contributed by atoms with Gasteiger partial charge in [-0.1, -0.05) is 41.9 Å². The molecule has 0 saturated heterocycles. The summed E-state index contributed by atoms with van der Waals surface area (Å²) >= 11 is 5.77. The number of benzene rings is 2. The zero-order valence-electron chi connectivity index (χ0n) is 11.0. The molecule has 0 aromatic heterocycles. The molecule has 0 amide bonds. The molecular weight excluding hydrogens is 275 g/mol. The third kappa shape index (κ3) is 2.73. The fraction of sp³-hybridized carbons (Fsp3) is 0.250. The molecule has 0 bridgehead atoms. The van der Waals surface area contributed by atoms with Crippen molar-refractivity contribution < 1.29 is 4.39 Å². The van der Waals surface area contributed by atoms with Crippen LogP contribution in [-0.4, -0.2) is 6.04 Å². The van der Waals surface area contributed by atoms with Gasteiger partial charge in [0.15, 0.2) is 0 Å². The van der Waals surface area contributed by atoms with Crippen LogP contribution in [0.2, 0.25) is 5.02 Å². The molecule has 2 N–H and O–H groups in total. The zero-order valence-corrected chi connectivity index (χ0v) is 11.8. The van der Waals surface area contributed by atoms with Crippen molar-refractivity contribution in [1.29, 1.82) is 0 Å². The zero-order chi connectivity index (χ0) is 14.1. The summed E-state index contributed by atoms with van der Waals surface area (Å²) < 4.78 is 13.7. The van der Waals surface area contributed by atoms with E-state index in [1.807, 2.05) is 18.2 Å². The van der Waals surface area contributed by atoms with Gasteiger partial charge in [-0.25, -0.2) is 4.39 Å². The van der Waals surface area contributed by atoms with Crippen LogP contribution in [0.3, 0.4) is 0 Å². The molecule has 1 aliphatic rings. The summed E-state index contributed by atoms with van der Waals surface area (Å²) in [4.78, 5) is 2.17. The quantitative estimate of drug-likeness (QED) is 0.854. The van der Waals surface area contributed by atoms with E-state index in [1.165, 1.54) is 17.7 Å². The molecule has 104 valence electrons. The molecule has 0 unspecified atom stereocenters. The van der Waals surface area contributed by atoms with Gasteiger partial charge in [0.05, 0.1) is 16.4 Å². The van der Waals surface area contributed by atoms with E-state index in [2.05, 4.69) is 17.0 Å². The molecule has 4 heteroatoms. The summed E-state index contributed by atoms with van der Waals surface area (Å²) in [5.41, 5.74) is 8.47. The predicted molar refractivity (Wildman–Crippen MR) is 81.5 cm³/mol. The first-order chi connectivity index (χ1) is 9.65. The van der Waals surface area contributed by atoms with Crippen molar-refractivity contribution in [2.45, 2.75) is 25.4 Å². The van der Waals surface area contributed by atoms with E-state index in [4.69, 9.17) is 17.3 Å². The molecular formula is C16H16ClFN2. The van der Waals surface area contributed by atoms with E-state index in [0.717, 1.165) is 25.1 Å². The average Bonchev–Trinajstić information content (AvgIpc) is 3.26. The van der Waals surface area contributed by atoms with Crippen LogP contribution in [0.5, 0.6) is 0 Å². The van der Waals surface area contributed by atoms with Crippen LogP contribution in [0.15, 0.2) is 42.5 Å². The topological polar surface area (TPSA) is 29.3 Å². The molecule has 0 radical (unpaired) electrons. The Hall–Kier alpha value is -1.74. The number of hydrogen-bond donors (Lipinski definition) is 1. The third-order valence-electron chi connectivity index (χ3n) is 3.56. The van der Waals surface area contributed by atoms with Crippen LogP contribution in [0.1, 0.15) is 18.4 Å². The Balaban J connectivity index is 1.93. The molecule has 2 aromatic rings. The maximum atomic E-state index is 13.7. The molecule has 1 aliphatic carbocycles. The van der Waals surface area contributed by atoms with Gasteiger partial charge in [0, 0.05) is 18.7 Å². The lowest BCUT2D eigenvalue weighted by Crippen LogP contribution is -2.26. The van der Waals surface area contributed by atoms with Crippen molar-refractivity contribution in [1.82, 2.24) is 0 Å². The van der Waals surface area contributed by atoms with Crippen molar-refractivity contribution in [3.63, 3.8) is 0 Å². The number of hydrogen-bond acceptors (Lipinski definition) is 2. The second-order valence-corrected chi connectivity index (χ2v) is 5.58. The molecule has 2 nitrogen and oxygen atoms in total. The Kier molecular flexibility index (Phi) is 3.53. The van der Waals surface area contributed by atoms with Crippen LogP contribution in [0.4, 0.5) is 15.8 Å². The Morgan fingerprint density at radius 1 is 1.20 bits per heavy atom. The van der Waals surface area contributed by atoms with Crippen molar-refractivity contribution in [3.05, 3.63) is 58.9 Å². The average molecular weight is 291 g/mol. The van der Waals surface area contributed by atoms with Crippen LogP contribution >= 0.6 is 11.6 Å². The molecule has 1 fully saturated rings. The van der Waals surface area contributed by atoms with E-state index in [9.17, 15) is 4.39 Å². The Labute approximate surface area is 123 Å². The summed E-state index contributed by atoms with van der Waals surface area (Å²) in [5.74, 6) is -0.422. The summed E-state index contributed by atoms with van der Waals surface area (Å²) in [6, 6.07) is 13.5. The third-order valence-corrected chi connectivity index (χ3v) is 3.85. The van der Waals surface area contributed by atoms with Gasteiger partial charge >= 0.3 is 0 Å². The lowest BCUT2D eigenvalue weighted by Gasteiger charge is -2.26. The highest BCUT2D eigenvalue weighted by atomic mass is 35.5. The van der Waals surface area contributed by atoms with Gasteiger partial charge in [-0.3, -0.25) is 0 Å². The lowest BCUT2D eigenvalue weighted by atomic mass is 10.1. The van der Waals surface area contributed by atoms with Crippen LogP contribution in [0.25, 0.3) is 0 Å². The van der Waals surface area contributed by atoms with E-state index in [-0.39, 0.29) is 5.02 Å². The molecule has 1 saturated carbocycles. The van der Waals surface area contributed by atoms with E-state index < -0.39 is 5.82 Å². The van der Waals surface area contributed by atoms with Crippen LogP contribution < -0.4 is 10.6 Å². The number of rotatable bonds is 4. The highest BCUT2D eigenvalue weighted by molar-refractivity contribution is 6.31. The van der Waals surface area contributed by atoms with Crippen molar-refractivity contribution in [3.8, 4) is 0 Å². The van der Waals surface area contributed by atoms with Gasteiger partial charge in [-0.05, 0) is 24.5 Å². The Morgan fingerprint density at radius 3 is 2.55 bits per heavy atom. The van der Waals surface area contributed by atoms with Gasteiger partial charge in [-0.2, -0.15) is 0 Å². The second kappa shape index (κ2) is 5.33. The number of halogens is 2. The lowest BCUT2D eigenvalue weighted by molar-refractivity contribution is 0.626. The van der Waals surface area contributed by atoms with E-state index >= 15 is 0 Å². The number of anilines is 2. The van der Waals surface area contributed by atoms with Crippen molar-refractivity contribution >= 4 is 23.0 Å². The first-order valence-electron chi connectivity index (χ1n) is 6.70.